The predicted molar refractivity (Wildman–Crippen MR) is 97.7 cm³/mol. The number of thiol groups is 1. The number of benzene rings is 1. The van der Waals surface area contributed by atoms with E-state index in [-0.39, 0.29) is 23.7 Å². The largest absolute Gasteiger partial charge is 0.384 e. The van der Waals surface area contributed by atoms with Gasteiger partial charge in [-0.05, 0) is 38.6 Å². The number of carbonyl (C=O) groups excluding carboxylic acids is 1. The molecule has 1 unspecified atom stereocenters. The predicted octanol–water partition coefficient (Wildman–Crippen LogP) is 3.36. The van der Waals surface area contributed by atoms with Crippen molar-refractivity contribution in [3.05, 3.63) is 23.0 Å². The Morgan fingerprint density at radius 1 is 1.40 bits per heavy atom. The molecule has 1 heterocycles. The Hall–Kier alpha value is -0.960. The van der Waals surface area contributed by atoms with Gasteiger partial charge in [0.15, 0.2) is 0 Å². The van der Waals surface area contributed by atoms with Gasteiger partial charge < -0.3 is 20.7 Å². The summed E-state index contributed by atoms with van der Waals surface area (Å²) >= 11 is 9.91. The molecule has 0 saturated carbocycles. The molecule has 0 aromatic heterocycles. The summed E-state index contributed by atoms with van der Waals surface area (Å²) in [4.78, 5) is 10.2. The van der Waals surface area contributed by atoms with E-state index in [1.54, 1.807) is 0 Å². The number of rotatable bonds is 7. The van der Waals surface area contributed by atoms with Gasteiger partial charge in [-0.1, -0.05) is 11.6 Å². The van der Waals surface area contributed by atoms with Crippen molar-refractivity contribution < 1.29 is 18.0 Å². The summed E-state index contributed by atoms with van der Waals surface area (Å²) < 4.78 is 37.5. The highest BCUT2D eigenvalue weighted by Crippen LogP contribution is 2.27. The summed E-state index contributed by atoms with van der Waals surface area (Å²) in [5.41, 5.74) is 0.626. The van der Waals surface area contributed by atoms with Crippen molar-refractivity contribution in [1.29, 1.82) is 0 Å². The van der Waals surface area contributed by atoms with Crippen molar-refractivity contribution >= 4 is 36.2 Å². The fourth-order valence-electron chi connectivity index (χ4n) is 2.16. The molecule has 4 nitrogen and oxygen atoms in total. The molecular formula is C16H23ClF3N3OS. The Morgan fingerprint density at radius 2 is 2.08 bits per heavy atom. The zero-order chi connectivity index (χ0) is 18.9. The summed E-state index contributed by atoms with van der Waals surface area (Å²) in [7, 11) is 1.92. The summed E-state index contributed by atoms with van der Waals surface area (Å²) in [6.45, 7) is 1.41. The quantitative estimate of drug-likeness (QED) is 0.324. The molecule has 25 heavy (non-hydrogen) atoms. The molecule has 1 aliphatic heterocycles. The van der Waals surface area contributed by atoms with Crippen LogP contribution in [0, 0.1) is 5.82 Å². The van der Waals surface area contributed by atoms with E-state index in [4.69, 9.17) is 11.6 Å². The van der Waals surface area contributed by atoms with Crippen LogP contribution in [0.15, 0.2) is 17.0 Å². The normalized spacial score (nSPS) is 18.4. The minimum Gasteiger partial charge on any atom is -0.384 e. The van der Waals surface area contributed by atoms with Crippen LogP contribution in [-0.2, 0) is 4.79 Å². The Kier molecular flexibility index (Phi) is 9.63. The van der Waals surface area contributed by atoms with Crippen molar-refractivity contribution in [2.45, 2.75) is 36.1 Å². The first-order valence-electron chi connectivity index (χ1n) is 7.92. The fraction of sp³-hybridized carbons (Fsp3) is 0.562. The topological polar surface area (TPSA) is 53.2 Å². The van der Waals surface area contributed by atoms with Crippen LogP contribution in [0.3, 0.4) is 0 Å². The van der Waals surface area contributed by atoms with E-state index >= 15 is 0 Å². The number of nitrogens with one attached hydrogen (secondary N) is 3. The molecule has 1 fully saturated rings. The zero-order valence-corrected chi connectivity index (χ0v) is 15.6. The van der Waals surface area contributed by atoms with E-state index in [9.17, 15) is 18.0 Å². The molecule has 1 aromatic rings. The number of hydrogen-bond acceptors (Lipinski definition) is 5. The van der Waals surface area contributed by atoms with Crippen molar-refractivity contribution in [3.63, 3.8) is 0 Å². The molecule has 0 aliphatic carbocycles. The maximum absolute atomic E-state index is 13.2. The van der Waals surface area contributed by atoms with E-state index in [2.05, 4.69) is 28.6 Å². The SMILES string of the molecule is CNCCCCNc1cc(F)c(S)cc1Cl.O=CC1CC(F)(F)CN1. The summed E-state index contributed by atoms with van der Waals surface area (Å²) in [5.74, 6) is -3.03. The lowest BCUT2D eigenvalue weighted by atomic mass is 10.2. The van der Waals surface area contributed by atoms with Crippen LogP contribution >= 0.6 is 24.2 Å². The highest BCUT2D eigenvalue weighted by molar-refractivity contribution is 7.80. The molecule has 0 amide bonds. The van der Waals surface area contributed by atoms with Crippen molar-refractivity contribution in [2.75, 3.05) is 32.0 Å². The first-order valence-corrected chi connectivity index (χ1v) is 8.74. The molecule has 1 atom stereocenters. The Balaban J connectivity index is 0.000000293. The number of anilines is 1. The van der Waals surface area contributed by atoms with Gasteiger partial charge in [0, 0.05) is 17.9 Å². The Bertz CT molecular complexity index is 564. The number of unbranched alkanes of at least 4 members (excludes halogenated alkanes) is 1. The molecule has 9 heteroatoms. The summed E-state index contributed by atoms with van der Waals surface area (Å²) in [5, 5.41) is 9.06. The maximum atomic E-state index is 13.2. The number of halogens is 4. The van der Waals surface area contributed by atoms with Crippen molar-refractivity contribution in [2.24, 2.45) is 0 Å². The molecule has 2 rings (SSSR count). The standard InChI is InChI=1S/C11H16ClFN2S.C5H7F2NO/c1-14-4-2-3-5-15-10-7-9(13)11(16)6-8(10)12;6-5(7)1-4(2-9)8-3-5/h6-7,14-16H,2-5H2,1H3;2,4,8H,1,3H2. The third kappa shape index (κ3) is 8.31. The average molecular weight is 398 g/mol. The van der Waals surface area contributed by atoms with Crippen LogP contribution in [0.2, 0.25) is 5.02 Å². The number of carbonyl (C=O) groups is 1. The number of hydrogen-bond donors (Lipinski definition) is 4. The smallest absolute Gasteiger partial charge is 0.262 e. The van der Waals surface area contributed by atoms with E-state index < -0.39 is 12.0 Å². The molecule has 0 bridgehead atoms. The van der Waals surface area contributed by atoms with Crippen LogP contribution in [0.4, 0.5) is 18.9 Å². The maximum Gasteiger partial charge on any atom is 0.262 e. The lowest BCUT2D eigenvalue weighted by Crippen LogP contribution is -2.23. The molecule has 1 aliphatic rings. The third-order valence-corrected chi connectivity index (χ3v) is 4.17. The number of aldehydes is 1. The second-order valence-electron chi connectivity index (χ2n) is 5.70. The molecule has 142 valence electrons. The molecule has 1 aromatic carbocycles. The lowest BCUT2D eigenvalue weighted by Gasteiger charge is -2.09. The van der Waals surface area contributed by atoms with E-state index in [1.165, 1.54) is 12.1 Å². The second kappa shape index (κ2) is 10.9. The summed E-state index contributed by atoms with van der Waals surface area (Å²) in [6.07, 6.45) is 2.26. The molecule has 0 spiro atoms. The first-order chi connectivity index (χ1) is 11.8. The Morgan fingerprint density at radius 3 is 2.60 bits per heavy atom. The second-order valence-corrected chi connectivity index (χ2v) is 6.59. The van der Waals surface area contributed by atoms with Crippen molar-refractivity contribution in [1.82, 2.24) is 10.6 Å². The highest BCUT2D eigenvalue weighted by atomic mass is 35.5. The van der Waals surface area contributed by atoms with E-state index in [1.807, 2.05) is 7.05 Å². The minimum absolute atomic E-state index is 0.269. The average Bonchev–Trinajstić information content (AvgIpc) is 2.92. The monoisotopic (exact) mass is 397 g/mol. The van der Waals surface area contributed by atoms with Crippen LogP contribution in [0.1, 0.15) is 19.3 Å². The third-order valence-electron chi connectivity index (χ3n) is 3.51. The molecule has 0 radical (unpaired) electrons. The van der Waals surface area contributed by atoms with Gasteiger partial charge in [-0.3, -0.25) is 0 Å². The van der Waals surface area contributed by atoms with E-state index in [0.717, 1.165) is 25.9 Å². The highest BCUT2D eigenvalue weighted by Gasteiger charge is 2.38. The van der Waals surface area contributed by atoms with Gasteiger partial charge in [-0.2, -0.15) is 0 Å². The molecule has 3 N–H and O–H groups in total. The summed E-state index contributed by atoms with van der Waals surface area (Å²) in [6, 6.07) is 2.25. The van der Waals surface area contributed by atoms with E-state index in [0.29, 0.717) is 17.0 Å². The van der Waals surface area contributed by atoms with Gasteiger partial charge >= 0.3 is 0 Å². The van der Waals surface area contributed by atoms with Gasteiger partial charge in [-0.15, -0.1) is 12.6 Å². The van der Waals surface area contributed by atoms with Crippen molar-refractivity contribution in [3.8, 4) is 0 Å². The van der Waals surface area contributed by atoms with Gasteiger partial charge in [0.1, 0.15) is 12.1 Å². The molecular weight excluding hydrogens is 375 g/mol. The van der Waals surface area contributed by atoms with Crippen LogP contribution < -0.4 is 16.0 Å². The van der Waals surface area contributed by atoms with Crippen LogP contribution in [0.25, 0.3) is 0 Å². The van der Waals surface area contributed by atoms with Gasteiger partial charge in [0.05, 0.1) is 23.3 Å². The zero-order valence-electron chi connectivity index (χ0n) is 13.9. The van der Waals surface area contributed by atoms with Gasteiger partial charge in [0.25, 0.3) is 5.92 Å². The van der Waals surface area contributed by atoms with Crippen LogP contribution in [-0.4, -0.2) is 44.9 Å². The Labute approximate surface area is 156 Å². The fourth-order valence-corrected chi connectivity index (χ4v) is 2.66. The molecule has 1 saturated heterocycles. The van der Waals surface area contributed by atoms with Gasteiger partial charge in [-0.25, -0.2) is 13.2 Å². The number of alkyl halides is 2. The minimum atomic E-state index is -2.68. The van der Waals surface area contributed by atoms with Crippen LogP contribution in [0.5, 0.6) is 0 Å². The lowest BCUT2D eigenvalue weighted by molar-refractivity contribution is -0.109. The first kappa shape index (κ1) is 22.1. The van der Waals surface area contributed by atoms with Gasteiger partial charge in [0.2, 0.25) is 0 Å².